The maximum Gasteiger partial charge on any atom is 0.261 e. The van der Waals surface area contributed by atoms with Crippen LogP contribution in [-0.4, -0.2) is 14.3 Å². The average molecular weight is 326 g/mol. The van der Waals surface area contributed by atoms with E-state index in [1.807, 2.05) is 0 Å². The molecule has 5 nitrogen and oxygen atoms in total. The van der Waals surface area contributed by atoms with E-state index < -0.39 is 27.6 Å². The second kappa shape index (κ2) is 6.10. The van der Waals surface area contributed by atoms with Crippen molar-refractivity contribution in [1.29, 1.82) is 0 Å². The summed E-state index contributed by atoms with van der Waals surface area (Å²) >= 11 is 0. The van der Waals surface area contributed by atoms with E-state index in [-0.39, 0.29) is 16.3 Å². The van der Waals surface area contributed by atoms with Gasteiger partial charge in [0.2, 0.25) is 5.91 Å². The van der Waals surface area contributed by atoms with E-state index >= 15 is 0 Å². The van der Waals surface area contributed by atoms with Gasteiger partial charge in [0, 0.05) is 13.0 Å². The van der Waals surface area contributed by atoms with Crippen molar-refractivity contribution in [3.8, 4) is 0 Å². The first-order chi connectivity index (χ1) is 10.3. The lowest BCUT2D eigenvalue weighted by Gasteiger charge is -2.13. The smallest absolute Gasteiger partial charge is 0.261 e. The van der Waals surface area contributed by atoms with Gasteiger partial charge in [0.15, 0.2) is 0 Å². The minimum Gasteiger partial charge on any atom is -0.325 e. The minimum atomic E-state index is -4.04. The molecule has 0 radical (unpaired) electrons. The molecule has 0 aromatic heterocycles. The van der Waals surface area contributed by atoms with E-state index in [1.54, 1.807) is 0 Å². The molecule has 0 aliphatic heterocycles. The normalized spacial score (nSPS) is 11.0. The van der Waals surface area contributed by atoms with Crippen molar-refractivity contribution in [2.24, 2.45) is 0 Å². The molecule has 2 N–H and O–H groups in total. The van der Waals surface area contributed by atoms with Gasteiger partial charge in [-0.05, 0) is 36.4 Å². The molecule has 0 saturated heterocycles. The monoisotopic (exact) mass is 326 g/mol. The number of anilines is 2. The Balaban J connectivity index is 2.38. The third kappa shape index (κ3) is 3.79. The number of benzene rings is 2. The number of hydrogen-bond acceptors (Lipinski definition) is 3. The summed E-state index contributed by atoms with van der Waals surface area (Å²) in [6.07, 6.45) is 0. The van der Waals surface area contributed by atoms with Crippen molar-refractivity contribution in [2.45, 2.75) is 11.8 Å². The quantitative estimate of drug-likeness (QED) is 0.907. The molecular formula is C14H12F2N2O3S. The fourth-order valence-corrected chi connectivity index (χ4v) is 2.79. The molecule has 0 bridgehead atoms. The molecule has 0 unspecified atom stereocenters. The molecule has 0 saturated carbocycles. The van der Waals surface area contributed by atoms with Crippen LogP contribution in [0.25, 0.3) is 0 Å². The van der Waals surface area contributed by atoms with Crippen molar-refractivity contribution in [3.05, 3.63) is 54.1 Å². The maximum absolute atomic E-state index is 13.3. The standard InChI is InChI=1S/C14H12F2N2O3S/c1-9(19)17-13-7-4-11(16)8-14(13)18-22(20,21)12-5-2-10(15)3-6-12/h2-8,18H,1H3,(H,17,19). The van der Waals surface area contributed by atoms with Crippen LogP contribution in [0.4, 0.5) is 20.2 Å². The van der Waals surface area contributed by atoms with Gasteiger partial charge in [-0.3, -0.25) is 9.52 Å². The van der Waals surface area contributed by atoms with Gasteiger partial charge in [-0.2, -0.15) is 0 Å². The molecule has 1 amide bonds. The van der Waals surface area contributed by atoms with Crippen LogP contribution in [0.3, 0.4) is 0 Å². The third-order valence-corrected chi connectivity index (χ3v) is 4.04. The van der Waals surface area contributed by atoms with Gasteiger partial charge in [0.05, 0.1) is 16.3 Å². The summed E-state index contributed by atoms with van der Waals surface area (Å²) < 4.78 is 52.7. The molecule has 0 aliphatic rings. The average Bonchev–Trinajstić information content (AvgIpc) is 2.41. The van der Waals surface area contributed by atoms with E-state index in [9.17, 15) is 22.0 Å². The Morgan fingerprint density at radius 1 is 0.955 bits per heavy atom. The van der Waals surface area contributed by atoms with E-state index in [2.05, 4.69) is 10.0 Å². The van der Waals surface area contributed by atoms with Gasteiger partial charge in [-0.15, -0.1) is 0 Å². The molecule has 0 fully saturated rings. The summed E-state index contributed by atoms with van der Waals surface area (Å²) in [6, 6.07) is 7.40. The molecule has 116 valence electrons. The van der Waals surface area contributed by atoms with Crippen LogP contribution in [-0.2, 0) is 14.8 Å². The van der Waals surface area contributed by atoms with Crippen molar-refractivity contribution >= 4 is 27.3 Å². The highest BCUT2D eigenvalue weighted by Crippen LogP contribution is 2.25. The lowest BCUT2D eigenvalue weighted by atomic mass is 10.2. The Labute approximate surface area is 126 Å². The summed E-state index contributed by atoms with van der Waals surface area (Å²) in [4.78, 5) is 10.9. The van der Waals surface area contributed by atoms with Crippen LogP contribution < -0.4 is 10.0 Å². The zero-order chi connectivity index (χ0) is 16.3. The maximum atomic E-state index is 13.3. The summed E-state index contributed by atoms with van der Waals surface area (Å²) in [5.41, 5.74) is -0.0147. The van der Waals surface area contributed by atoms with Crippen molar-refractivity contribution in [1.82, 2.24) is 0 Å². The Bertz CT molecular complexity index is 805. The highest BCUT2D eigenvalue weighted by molar-refractivity contribution is 7.92. The first-order valence-corrected chi connectivity index (χ1v) is 7.62. The number of amides is 1. The Kier molecular flexibility index (Phi) is 4.41. The molecular weight excluding hydrogens is 314 g/mol. The van der Waals surface area contributed by atoms with Gasteiger partial charge in [0.1, 0.15) is 11.6 Å². The van der Waals surface area contributed by atoms with Crippen LogP contribution >= 0.6 is 0 Å². The van der Waals surface area contributed by atoms with Crippen LogP contribution in [0.2, 0.25) is 0 Å². The van der Waals surface area contributed by atoms with E-state index in [1.165, 1.54) is 13.0 Å². The molecule has 2 aromatic rings. The van der Waals surface area contributed by atoms with E-state index in [0.717, 1.165) is 36.4 Å². The van der Waals surface area contributed by atoms with E-state index in [0.29, 0.717) is 0 Å². The summed E-state index contributed by atoms with van der Waals surface area (Å²) in [5.74, 6) is -1.69. The first-order valence-electron chi connectivity index (χ1n) is 6.13. The molecule has 8 heteroatoms. The fraction of sp³-hybridized carbons (Fsp3) is 0.0714. The summed E-state index contributed by atoms with van der Waals surface area (Å²) in [6.45, 7) is 1.24. The topological polar surface area (TPSA) is 75.3 Å². The Hall–Kier alpha value is -2.48. The van der Waals surface area contributed by atoms with Crippen molar-refractivity contribution in [3.63, 3.8) is 0 Å². The lowest BCUT2D eigenvalue weighted by Crippen LogP contribution is -2.16. The molecule has 0 atom stereocenters. The molecule has 2 aromatic carbocycles. The highest BCUT2D eigenvalue weighted by atomic mass is 32.2. The number of sulfonamides is 1. The number of nitrogens with one attached hydrogen (secondary N) is 2. The number of carbonyl (C=O) groups excluding carboxylic acids is 1. The van der Waals surface area contributed by atoms with Gasteiger partial charge in [0.25, 0.3) is 10.0 Å². The SMILES string of the molecule is CC(=O)Nc1ccc(F)cc1NS(=O)(=O)c1ccc(F)cc1. The predicted molar refractivity (Wildman–Crippen MR) is 77.9 cm³/mol. The molecule has 22 heavy (non-hydrogen) atoms. The number of carbonyl (C=O) groups is 1. The molecule has 2 rings (SSSR count). The summed E-state index contributed by atoms with van der Waals surface area (Å²) in [5, 5.41) is 2.39. The van der Waals surface area contributed by atoms with Gasteiger partial charge < -0.3 is 5.32 Å². The lowest BCUT2D eigenvalue weighted by molar-refractivity contribution is -0.114. The second-order valence-corrected chi connectivity index (χ2v) is 6.11. The Morgan fingerprint density at radius 3 is 2.14 bits per heavy atom. The second-order valence-electron chi connectivity index (χ2n) is 4.43. The van der Waals surface area contributed by atoms with Gasteiger partial charge in [-0.25, -0.2) is 17.2 Å². The number of halogens is 2. The van der Waals surface area contributed by atoms with Gasteiger partial charge >= 0.3 is 0 Å². The zero-order valence-electron chi connectivity index (χ0n) is 11.4. The van der Waals surface area contributed by atoms with Crippen molar-refractivity contribution < 1.29 is 22.0 Å². The van der Waals surface area contributed by atoms with Crippen LogP contribution in [0.15, 0.2) is 47.4 Å². The molecule has 0 heterocycles. The molecule has 0 spiro atoms. The summed E-state index contributed by atoms with van der Waals surface area (Å²) in [7, 11) is -4.04. The third-order valence-electron chi connectivity index (χ3n) is 2.66. The fourth-order valence-electron chi connectivity index (χ4n) is 1.72. The first kappa shape index (κ1) is 15.9. The van der Waals surface area contributed by atoms with Crippen molar-refractivity contribution in [2.75, 3.05) is 10.0 Å². The van der Waals surface area contributed by atoms with Gasteiger partial charge in [-0.1, -0.05) is 0 Å². The van der Waals surface area contributed by atoms with Crippen LogP contribution in [0.1, 0.15) is 6.92 Å². The van der Waals surface area contributed by atoms with Crippen LogP contribution in [0.5, 0.6) is 0 Å². The zero-order valence-corrected chi connectivity index (χ0v) is 12.2. The van der Waals surface area contributed by atoms with E-state index in [4.69, 9.17) is 0 Å². The number of hydrogen-bond donors (Lipinski definition) is 2. The highest BCUT2D eigenvalue weighted by Gasteiger charge is 2.17. The minimum absolute atomic E-state index is 0.111. The van der Waals surface area contributed by atoms with Crippen LogP contribution in [0, 0.1) is 11.6 Å². The largest absolute Gasteiger partial charge is 0.325 e. The molecule has 0 aliphatic carbocycles. The predicted octanol–water partition coefficient (Wildman–Crippen LogP) is 2.72. The Morgan fingerprint density at radius 2 is 1.55 bits per heavy atom. The number of rotatable bonds is 4.